The number of hydrogen-bond donors (Lipinski definition) is 1. The minimum Gasteiger partial charge on any atom is -0.345 e. The van der Waals surface area contributed by atoms with E-state index < -0.39 is 6.04 Å². The predicted octanol–water partition coefficient (Wildman–Crippen LogP) is -0.0100. The minimum atomic E-state index is -0.395. The second kappa shape index (κ2) is 3.98. The van der Waals surface area contributed by atoms with Gasteiger partial charge in [0.15, 0.2) is 0 Å². The van der Waals surface area contributed by atoms with Crippen LogP contribution in [-0.4, -0.2) is 34.3 Å². The maximum Gasteiger partial charge on any atom is 0.242 e. The van der Waals surface area contributed by atoms with Crippen molar-refractivity contribution >= 4 is 23.2 Å². The molecule has 5 nitrogen and oxygen atoms in total. The molecule has 1 unspecified atom stereocenters. The summed E-state index contributed by atoms with van der Waals surface area (Å²) in [5.74, 6) is -0.144. The van der Waals surface area contributed by atoms with Gasteiger partial charge in [0.05, 0.1) is 18.6 Å². The van der Waals surface area contributed by atoms with E-state index in [0.717, 1.165) is 4.88 Å². The van der Waals surface area contributed by atoms with Gasteiger partial charge in [-0.05, 0) is 6.92 Å². The number of aromatic nitrogens is 1. The highest BCUT2D eigenvalue weighted by Crippen LogP contribution is 2.14. The zero-order valence-electron chi connectivity index (χ0n) is 8.27. The van der Waals surface area contributed by atoms with Crippen LogP contribution in [0.1, 0.15) is 11.8 Å². The van der Waals surface area contributed by atoms with Crippen LogP contribution in [0, 0.1) is 0 Å². The number of thiazole rings is 1. The van der Waals surface area contributed by atoms with E-state index in [1.807, 2.05) is 0 Å². The first kappa shape index (κ1) is 10.1. The zero-order valence-corrected chi connectivity index (χ0v) is 9.08. The Morgan fingerprint density at radius 1 is 1.67 bits per heavy atom. The number of nitrogens with one attached hydrogen (secondary N) is 1. The Balaban J connectivity index is 2.12. The minimum absolute atomic E-state index is 0.0458. The second-order valence-corrected chi connectivity index (χ2v) is 4.35. The summed E-state index contributed by atoms with van der Waals surface area (Å²) in [5, 5.41) is 2.55. The lowest BCUT2D eigenvalue weighted by molar-refractivity contribution is -0.145. The molecule has 1 fully saturated rings. The first-order valence-corrected chi connectivity index (χ1v) is 5.51. The molecule has 6 heteroatoms. The van der Waals surface area contributed by atoms with Gasteiger partial charge in [0, 0.05) is 11.1 Å². The van der Waals surface area contributed by atoms with E-state index in [4.69, 9.17) is 0 Å². The summed E-state index contributed by atoms with van der Waals surface area (Å²) in [6.07, 6.45) is 1.72. The van der Waals surface area contributed by atoms with Crippen molar-refractivity contribution < 1.29 is 9.59 Å². The molecule has 0 bridgehead atoms. The van der Waals surface area contributed by atoms with Crippen LogP contribution in [0.25, 0.3) is 0 Å². The molecule has 1 aliphatic rings. The normalized spacial score (nSPS) is 21.7. The van der Waals surface area contributed by atoms with Gasteiger partial charge in [0.25, 0.3) is 0 Å². The molecule has 1 aromatic rings. The standard InChI is InChI=1S/C9H11N3O2S/c1-6-9(14)11-3-8(13)12(6)4-7-2-10-5-15-7/h2,5-6H,3-4H2,1H3,(H,11,14). The van der Waals surface area contributed by atoms with E-state index in [2.05, 4.69) is 10.3 Å². The first-order chi connectivity index (χ1) is 7.18. The van der Waals surface area contributed by atoms with Crippen molar-refractivity contribution in [3.63, 3.8) is 0 Å². The maximum absolute atomic E-state index is 11.6. The van der Waals surface area contributed by atoms with Crippen molar-refractivity contribution in [2.24, 2.45) is 0 Å². The average Bonchev–Trinajstić information content (AvgIpc) is 2.71. The van der Waals surface area contributed by atoms with E-state index >= 15 is 0 Å². The number of rotatable bonds is 2. The van der Waals surface area contributed by atoms with Crippen molar-refractivity contribution in [3.05, 3.63) is 16.6 Å². The molecule has 1 aromatic heterocycles. The lowest BCUT2D eigenvalue weighted by Gasteiger charge is -2.32. The summed E-state index contributed by atoms with van der Waals surface area (Å²) in [6, 6.07) is -0.395. The van der Waals surface area contributed by atoms with E-state index in [-0.39, 0.29) is 18.4 Å². The summed E-state index contributed by atoms with van der Waals surface area (Å²) in [5.41, 5.74) is 1.72. The molecule has 1 aliphatic heterocycles. The molecule has 2 amide bonds. The van der Waals surface area contributed by atoms with Crippen LogP contribution in [0.15, 0.2) is 11.7 Å². The summed E-state index contributed by atoms with van der Waals surface area (Å²) < 4.78 is 0. The quantitative estimate of drug-likeness (QED) is 0.770. The molecule has 1 saturated heterocycles. The molecule has 0 aliphatic carbocycles. The third-order valence-corrected chi connectivity index (χ3v) is 3.16. The lowest BCUT2D eigenvalue weighted by atomic mass is 10.2. The first-order valence-electron chi connectivity index (χ1n) is 4.63. The van der Waals surface area contributed by atoms with Crippen LogP contribution in [0.5, 0.6) is 0 Å². The molecular formula is C9H11N3O2S. The number of nitrogens with zero attached hydrogens (tertiary/aromatic N) is 2. The van der Waals surface area contributed by atoms with Gasteiger partial charge in [-0.25, -0.2) is 0 Å². The fourth-order valence-corrected chi connectivity index (χ4v) is 2.08. The zero-order chi connectivity index (χ0) is 10.8. The molecule has 80 valence electrons. The van der Waals surface area contributed by atoms with Crippen LogP contribution in [0.2, 0.25) is 0 Å². The fraction of sp³-hybridized carbons (Fsp3) is 0.444. The molecule has 2 rings (SSSR count). The highest BCUT2D eigenvalue weighted by atomic mass is 32.1. The molecule has 0 spiro atoms. The summed E-state index contributed by atoms with van der Waals surface area (Å²) in [6.45, 7) is 2.30. The van der Waals surface area contributed by atoms with Gasteiger partial charge in [0.2, 0.25) is 11.8 Å². The Labute approximate surface area is 91.1 Å². The van der Waals surface area contributed by atoms with Crippen LogP contribution >= 0.6 is 11.3 Å². The predicted molar refractivity (Wildman–Crippen MR) is 55.1 cm³/mol. The molecule has 15 heavy (non-hydrogen) atoms. The molecule has 1 atom stereocenters. The van der Waals surface area contributed by atoms with Crippen LogP contribution in [0.4, 0.5) is 0 Å². The van der Waals surface area contributed by atoms with E-state index in [1.54, 1.807) is 23.5 Å². The molecular weight excluding hydrogens is 214 g/mol. The van der Waals surface area contributed by atoms with E-state index in [0.29, 0.717) is 6.54 Å². The van der Waals surface area contributed by atoms with Gasteiger partial charge in [-0.2, -0.15) is 0 Å². The monoisotopic (exact) mass is 225 g/mol. The van der Waals surface area contributed by atoms with Gasteiger partial charge in [0.1, 0.15) is 6.04 Å². The fourth-order valence-electron chi connectivity index (χ4n) is 1.48. The van der Waals surface area contributed by atoms with Crippen molar-refractivity contribution in [2.45, 2.75) is 19.5 Å². The van der Waals surface area contributed by atoms with Gasteiger partial charge in [-0.15, -0.1) is 11.3 Å². The van der Waals surface area contributed by atoms with Gasteiger partial charge in [-0.1, -0.05) is 0 Å². The van der Waals surface area contributed by atoms with Crippen molar-refractivity contribution in [3.8, 4) is 0 Å². The van der Waals surface area contributed by atoms with E-state index in [1.165, 1.54) is 11.3 Å². The Hall–Kier alpha value is -1.43. The molecule has 0 aromatic carbocycles. The number of carbonyl (C=O) groups excluding carboxylic acids is 2. The smallest absolute Gasteiger partial charge is 0.242 e. The van der Waals surface area contributed by atoms with Crippen molar-refractivity contribution in [1.82, 2.24) is 15.2 Å². The van der Waals surface area contributed by atoms with Gasteiger partial charge in [-0.3, -0.25) is 14.6 Å². The summed E-state index contributed by atoms with van der Waals surface area (Å²) >= 11 is 1.49. The second-order valence-electron chi connectivity index (χ2n) is 3.38. The molecule has 0 radical (unpaired) electrons. The number of hydrogen-bond acceptors (Lipinski definition) is 4. The van der Waals surface area contributed by atoms with Crippen LogP contribution in [-0.2, 0) is 16.1 Å². The third kappa shape index (κ3) is 1.99. The number of amides is 2. The number of piperazine rings is 1. The highest BCUT2D eigenvalue weighted by Gasteiger charge is 2.30. The Morgan fingerprint density at radius 3 is 3.13 bits per heavy atom. The van der Waals surface area contributed by atoms with Crippen molar-refractivity contribution in [2.75, 3.05) is 6.54 Å². The average molecular weight is 225 g/mol. The van der Waals surface area contributed by atoms with Gasteiger partial charge < -0.3 is 10.2 Å². The Morgan fingerprint density at radius 2 is 2.47 bits per heavy atom. The van der Waals surface area contributed by atoms with Crippen molar-refractivity contribution in [1.29, 1.82) is 0 Å². The molecule has 1 N–H and O–H groups in total. The lowest BCUT2D eigenvalue weighted by Crippen LogP contribution is -2.56. The SMILES string of the molecule is CC1C(=O)NCC(=O)N1Cc1cncs1. The van der Waals surface area contributed by atoms with Crippen LogP contribution in [0.3, 0.4) is 0 Å². The Bertz CT molecular complexity index is 377. The third-order valence-electron chi connectivity index (χ3n) is 2.39. The number of carbonyl (C=O) groups is 2. The largest absolute Gasteiger partial charge is 0.345 e. The van der Waals surface area contributed by atoms with Crippen LogP contribution < -0.4 is 5.32 Å². The highest BCUT2D eigenvalue weighted by molar-refractivity contribution is 7.09. The molecule has 0 saturated carbocycles. The Kier molecular flexibility index (Phi) is 2.68. The molecule has 2 heterocycles. The summed E-state index contributed by atoms with van der Waals surface area (Å²) in [4.78, 5) is 29.4. The topological polar surface area (TPSA) is 62.3 Å². The van der Waals surface area contributed by atoms with Gasteiger partial charge >= 0.3 is 0 Å². The van der Waals surface area contributed by atoms with E-state index in [9.17, 15) is 9.59 Å². The summed E-state index contributed by atoms with van der Waals surface area (Å²) in [7, 11) is 0. The maximum atomic E-state index is 11.6.